The van der Waals surface area contributed by atoms with Gasteiger partial charge in [0.2, 0.25) is 5.91 Å². The number of carbonyl (C=O) groups excluding carboxylic acids is 1. The molecule has 1 amide bonds. The lowest BCUT2D eigenvalue weighted by molar-refractivity contribution is -0.117. The van der Waals surface area contributed by atoms with E-state index >= 15 is 0 Å². The van der Waals surface area contributed by atoms with Crippen LogP contribution in [-0.4, -0.2) is 16.1 Å². The Labute approximate surface area is 124 Å². The first-order chi connectivity index (χ1) is 9.70. The van der Waals surface area contributed by atoms with Crippen LogP contribution in [0.15, 0.2) is 40.9 Å². The molecular weight excluding hydrogens is 320 g/mol. The predicted molar refractivity (Wildman–Crippen MR) is 80.8 cm³/mol. The van der Waals surface area contributed by atoms with Gasteiger partial charge in [0.1, 0.15) is 0 Å². The van der Waals surface area contributed by atoms with E-state index in [0.29, 0.717) is 11.6 Å². The molecule has 3 rings (SSSR count). The molecule has 1 aromatic carbocycles. The first-order valence-electron chi connectivity index (χ1n) is 6.38. The van der Waals surface area contributed by atoms with Crippen molar-refractivity contribution in [2.24, 2.45) is 5.92 Å². The Morgan fingerprint density at radius 2 is 1.90 bits per heavy atom. The van der Waals surface area contributed by atoms with E-state index < -0.39 is 0 Å². The number of benzene rings is 1. The van der Waals surface area contributed by atoms with Crippen LogP contribution in [0.3, 0.4) is 0 Å². The molecular formula is C14H13BrN4O. The molecule has 0 unspecified atom stereocenters. The van der Waals surface area contributed by atoms with Crippen molar-refractivity contribution in [3.05, 3.63) is 40.9 Å². The predicted octanol–water partition coefficient (Wildman–Crippen LogP) is 3.33. The molecule has 102 valence electrons. The summed E-state index contributed by atoms with van der Waals surface area (Å²) in [5.74, 6) is 1.32. The monoisotopic (exact) mass is 332 g/mol. The fraction of sp³-hybridized carbons (Fsp3) is 0.214. The highest BCUT2D eigenvalue weighted by Gasteiger charge is 2.29. The van der Waals surface area contributed by atoms with Gasteiger partial charge in [-0.25, -0.2) is 0 Å². The molecule has 0 radical (unpaired) electrons. The van der Waals surface area contributed by atoms with Gasteiger partial charge < -0.3 is 10.6 Å². The molecule has 5 nitrogen and oxygen atoms in total. The van der Waals surface area contributed by atoms with E-state index in [4.69, 9.17) is 0 Å². The molecule has 1 aromatic heterocycles. The van der Waals surface area contributed by atoms with Gasteiger partial charge in [0.15, 0.2) is 11.6 Å². The second-order valence-electron chi connectivity index (χ2n) is 4.70. The summed E-state index contributed by atoms with van der Waals surface area (Å²) in [6.07, 6.45) is 1.95. The largest absolute Gasteiger partial charge is 0.339 e. The lowest BCUT2D eigenvalue weighted by Gasteiger charge is -2.06. The SMILES string of the molecule is O=C(Nc1ccc(Nc2cccc(Br)c2)nn1)C1CC1. The highest BCUT2D eigenvalue weighted by atomic mass is 79.9. The van der Waals surface area contributed by atoms with E-state index in [1.165, 1.54) is 0 Å². The van der Waals surface area contributed by atoms with Gasteiger partial charge >= 0.3 is 0 Å². The van der Waals surface area contributed by atoms with Gasteiger partial charge in [-0.1, -0.05) is 22.0 Å². The van der Waals surface area contributed by atoms with E-state index in [0.717, 1.165) is 23.0 Å². The van der Waals surface area contributed by atoms with Crippen LogP contribution in [0.4, 0.5) is 17.3 Å². The number of nitrogens with zero attached hydrogens (tertiary/aromatic N) is 2. The molecule has 0 bridgehead atoms. The Kier molecular flexibility index (Phi) is 3.64. The number of hydrogen-bond donors (Lipinski definition) is 2. The first-order valence-corrected chi connectivity index (χ1v) is 7.17. The standard InChI is InChI=1S/C14H13BrN4O/c15-10-2-1-3-11(8-10)16-12-6-7-13(19-18-12)17-14(20)9-4-5-9/h1-3,6-9H,4-5H2,(H,16,18)(H,17,19,20). The van der Waals surface area contributed by atoms with Crippen molar-refractivity contribution >= 4 is 39.2 Å². The zero-order valence-electron chi connectivity index (χ0n) is 10.6. The Balaban J connectivity index is 1.65. The highest BCUT2D eigenvalue weighted by molar-refractivity contribution is 9.10. The van der Waals surface area contributed by atoms with Gasteiger partial charge in [-0.15, -0.1) is 10.2 Å². The van der Waals surface area contributed by atoms with Crippen molar-refractivity contribution in [2.75, 3.05) is 10.6 Å². The lowest BCUT2D eigenvalue weighted by Crippen LogP contribution is -2.14. The zero-order chi connectivity index (χ0) is 13.9. The molecule has 1 aliphatic carbocycles. The third kappa shape index (κ3) is 3.33. The molecule has 6 heteroatoms. The molecule has 1 aliphatic rings. The van der Waals surface area contributed by atoms with E-state index in [2.05, 4.69) is 36.8 Å². The number of carbonyl (C=O) groups is 1. The summed E-state index contributed by atoms with van der Waals surface area (Å²) in [4.78, 5) is 11.6. The maximum atomic E-state index is 11.6. The molecule has 0 aliphatic heterocycles. The van der Waals surface area contributed by atoms with Gasteiger partial charge in [0, 0.05) is 16.1 Å². The number of anilines is 3. The normalized spacial score (nSPS) is 13.8. The lowest BCUT2D eigenvalue weighted by atomic mass is 10.3. The summed E-state index contributed by atoms with van der Waals surface area (Å²) in [5.41, 5.74) is 0.920. The van der Waals surface area contributed by atoms with Gasteiger partial charge in [0.05, 0.1) is 0 Å². The zero-order valence-corrected chi connectivity index (χ0v) is 12.2. The molecule has 2 N–H and O–H groups in total. The minimum absolute atomic E-state index is 0.0343. The van der Waals surface area contributed by atoms with Crippen LogP contribution in [0, 0.1) is 5.92 Å². The van der Waals surface area contributed by atoms with Crippen LogP contribution < -0.4 is 10.6 Å². The first kappa shape index (κ1) is 13.1. The van der Waals surface area contributed by atoms with Crippen molar-refractivity contribution < 1.29 is 4.79 Å². The van der Waals surface area contributed by atoms with Crippen molar-refractivity contribution in [1.29, 1.82) is 0 Å². The van der Waals surface area contributed by atoms with Crippen LogP contribution in [0.5, 0.6) is 0 Å². The van der Waals surface area contributed by atoms with E-state index in [1.807, 2.05) is 24.3 Å². The van der Waals surface area contributed by atoms with Crippen molar-refractivity contribution in [3.63, 3.8) is 0 Å². The Morgan fingerprint density at radius 3 is 2.55 bits per heavy atom. The molecule has 2 aromatic rings. The topological polar surface area (TPSA) is 66.9 Å². The molecule has 1 fully saturated rings. The number of rotatable bonds is 4. The van der Waals surface area contributed by atoms with Gasteiger partial charge in [-0.3, -0.25) is 4.79 Å². The third-order valence-electron chi connectivity index (χ3n) is 2.96. The van der Waals surface area contributed by atoms with Crippen LogP contribution >= 0.6 is 15.9 Å². The molecule has 1 heterocycles. The molecule has 0 atom stereocenters. The molecule has 1 saturated carbocycles. The molecule has 0 saturated heterocycles. The quantitative estimate of drug-likeness (QED) is 0.901. The van der Waals surface area contributed by atoms with E-state index in [-0.39, 0.29) is 11.8 Å². The average Bonchev–Trinajstić information content (AvgIpc) is 3.25. The Morgan fingerprint density at radius 1 is 1.15 bits per heavy atom. The van der Waals surface area contributed by atoms with Crippen molar-refractivity contribution in [3.8, 4) is 0 Å². The minimum Gasteiger partial charge on any atom is -0.339 e. The average molecular weight is 333 g/mol. The van der Waals surface area contributed by atoms with Crippen LogP contribution in [0.1, 0.15) is 12.8 Å². The van der Waals surface area contributed by atoms with Crippen LogP contribution in [0.25, 0.3) is 0 Å². The smallest absolute Gasteiger partial charge is 0.228 e. The van der Waals surface area contributed by atoms with Gasteiger partial charge in [-0.2, -0.15) is 0 Å². The Hall–Kier alpha value is -1.95. The summed E-state index contributed by atoms with van der Waals surface area (Å²) in [6.45, 7) is 0. The number of halogens is 1. The van der Waals surface area contributed by atoms with E-state index in [9.17, 15) is 4.79 Å². The number of amides is 1. The van der Waals surface area contributed by atoms with Crippen molar-refractivity contribution in [1.82, 2.24) is 10.2 Å². The highest BCUT2D eigenvalue weighted by Crippen LogP contribution is 2.29. The van der Waals surface area contributed by atoms with Gasteiger partial charge in [0.25, 0.3) is 0 Å². The fourth-order valence-corrected chi connectivity index (χ4v) is 2.15. The summed E-state index contributed by atoms with van der Waals surface area (Å²) in [7, 11) is 0. The van der Waals surface area contributed by atoms with Gasteiger partial charge in [-0.05, 0) is 43.2 Å². The summed E-state index contributed by atoms with van der Waals surface area (Å²) in [6, 6.07) is 11.3. The molecule has 0 spiro atoms. The Bertz CT molecular complexity index is 625. The molecule has 20 heavy (non-hydrogen) atoms. The van der Waals surface area contributed by atoms with Crippen LogP contribution in [0.2, 0.25) is 0 Å². The fourth-order valence-electron chi connectivity index (χ4n) is 1.75. The summed E-state index contributed by atoms with van der Waals surface area (Å²) >= 11 is 3.41. The van der Waals surface area contributed by atoms with E-state index in [1.54, 1.807) is 12.1 Å². The summed E-state index contributed by atoms with van der Waals surface area (Å²) < 4.78 is 0.990. The van der Waals surface area contributed by atoms with Crippen molar-refractivity contribution in [2.45, 2.75) is 12.8 Å². The van der Waals surface area contributed by atoms with Crippen LogP contribution in [-0.2, 0) is 4.79 Å². The number of aromatic nitrogens is 2. The maximum Gasteiger partial charge on any atom is 0.228 e. The second-order valence-corrected chi connectivity index (χ2v) is 5.62. The summed E-state index contributed by atoms with van der Waals surface area (Å²) in [5, 5.41) is 13.9. The number of hydrogen-bond acceptors (Lipinski definition) is 4. The third-order valence-corrected chi connectivity index (χ3v) is 3.45. The number of nitrogens with one attached hydrogen (secondary N) is 2. The second kappa shape index (κ2) is 5.58. The minimum atomic E-state index is 0.0343. The maximum absolute atomic E-state index is 11.6.